The van der Waals surface area contributed by atoms with E-state index in [1.165, 1.54) is 23.1 Å². The molecule has 2 N–H and O–H groups in total. The first-order valence-corrected chi connectivity index (χ1v) is 14.2. The molecule has 10 heteroatoms. The zero-order valence-electron chi connectivity index (χ0n) is 23.4. The second kappa shape index (κ2) is 12.3. The van der Waals surface area contributed by atoms with E-state index in [2.05, 4.69) is 26.6 Å². The first kappa shape index (κ1) is 29.2. The fourth-order valence-electron chi connectivity index (χ4n) is 5.13. The molecule has 0 radical (unpaired) electrons. The summed E-state index contributed by atoms with van der Waals surface area (Å²) in [5.74, 6) is -1.55. The fraction of sp³-hybridized carbons (Fsp3) is 0.219. The smallest absolute Gasteiger partial charge is 0.261 e. The molecule has 216 valence electrons. The van der Waals surface area contributed by atoms with E-state index in [-0.39, 0.29) is 18.7 Å². The number of benzene rings is 4. The van der Waals surface area contributed by atoms with Crippen LogP contribution in [0.5, 0.6) is 5.75 Å². The van der Waals surface area contributed by atoms with Crippen molar-refractivity contribution in [3.63, 3.8) is 0 Å². The van der Waals surface area contributed by atoms with E-state index in [9.17, 15) is 18.8 Å². The van der Waals surface area contributed by atoms with Crippen molar-refractivity contribution in [1.82, 2.24) is 10.6 Å². The summed E-state index contributed by atoms with van der Waals surface area (Å²) in [6, 6.07) is 20.5. The Morgan fingerprint density at radius 1 is 1.00 bits per heavy atom. The number of hydrogen-bond donors (Lipinski definition) is 2. The van der Waals surface area contributed by atoms with Crippen molar-refractivity contribution in [3.05, 3.63) is 100 Å². The molecule has 42 heavy (non-hydrogen) atoms. The first-order valence-electron chi connectivity index (χ1n) is 13.4. The van der Waals surface area contributed by atoms with Crippen LogP contribution in [-0.2, 0) is 16.1 Å². The highest BCUT2D eigenvalue weighted by molar-refractivity contribution is 9.10. The number of nitrogens with one attached hydrogen (secondary N) is 2. The molecule has 1 aliphatic rings. The SMILES string of the molecule is CN[C@@H](C)C(=O)N[C@H]1CN(C(=O)c2ccccc2F)c2ccccc2N(Cc2c(OC)ccc3c(Br)cccc23)C1=O. The standard InChI is InChI=1S/C32H30BrFN4O4/c1-19(35-2)30(39)36-26-18-38(31(40)22-9-4-5-12-25(22)34)28-14-7-6-13-27(28)37(32(26)41)17-23-20-10-8-11-24(33)21(20)15-16-29(23)42-3/h4-16,19,26,35H,17-18H2,1-3H3,(H,36,39)/t19-,26-/m0/s1. The monoisotopic (exact) mass is 632 g/mol. The molecule has 0 spiro atoms. The molecule has 0 unspecified atom stereocenters. The number of halogens is 2. The van der Waals surface area contributed by atoms with Crippen molar-refractivity contribution in [2.75, 3.05) is 30.5 Å². The number of methoxy groups -OCH3 is 1. The Labute approximate surface area is 251 Å². The number of carbonyl (C=O) groups excluding carboxylic acids is 3. The molecule has 0 saturated heterocycles. The zero-order chi connectivity index (χ0) is 30.0. The Bertz CT molecular complexity index is 1680. The van der Waals surface area contributed by atoms with Gasteiger partial charge in [0, 0.05) is 10.0 Å². The number of para-hydroxylation sites is 2. The molecule has 8 nitrogen and oxygen atoms in total. The minimum absolute atomic E-state index is 0.0858. The number of nitrogens with zero attached hydrogens (tertiary/aromatic N) is 2. The van der Waals surface area contributed by atoms with Crippen molar-refractivity contribution in [2.24, 2.45) is 0 Å². The number of hydrogen-bond acceptors (Lipinski definition) is 5. The highest BCUT2D eigenvalue weighted by Crippen LogP contribution is 2.38. The molecule has 2 atom stereocenters. The van der Waals surface area contributed by atoms with Crippen LogP contribution in [0.25, 0.3) is 10.8 Å². The molecule has 0 bridgehead atoms. The Balaban J connectivity index is 1.67. The predicted molar refractivity (Wildman–Crippen MR) is 164 cm³/mol. The molecule has 0 saturated carbocycles. The maximum Gasteiger partial charge on any atom is 0.261 e. The van der Waals surface area contributed by atoms with E-state index in [4.69, 9.17) is 4.74 Å². The number of amides is 3. The largest absolute Gasteiger partial charge is 0.496 e. The average Bonchev–Trinajstić information content (AvgIpc) is 3.11. The molecule has 5 rings (SSSR count). The quantitative estimate of drug-likeness (QED) is 0.298. The number of carbonyl (C=O) groups is 3. The molecule has 3 amide bonds. The van der Waals surface area contributed by atoms with E-state index in [0.717, 1.165) is 20.8 Å². The molecule has 4 aromatic rings. The van der Waals surface area contributed by atoms with Gasteiger partial charge in [0.1, 0.15) is 17.6 Å². The summed E-state index contributed by atoms with van der Waals surface area (Å²) in [5, 5.41) is 7.50. The van der Waals surface area contributed by atoms with Gasteiger partial charge in [-0.2, -0.15) is 0 Å². The topological polar surface area (TPSA) is 91.0 Å². The second-order valence-corrected chi connectivity index (χ2v) is 10.8. The first-order chi connectivity index (χ1) is 20.2. The Hall–Kier alpha value is -4.28. The summed E-state index contributed by atoms with van der Waals surface area (Å²) in [4.78, 5) is 44.1. The Morgan fingerprint density at radius 3 is 2.43 bits per heavy atom. The summed E-state index contributed by atoms with van der Waals surface area (Å²) >= 11 is 3.61. The Morgan fingerprint density at radius 2 is 1.71 bits per heavy atom. The van der Waals surface area contributed by atoms with Crippen LogP contribution in [0.1, 0.15) is 22.8 Å². The molecule has 1 heterocycles. The van der Waals surface area contributed by atoms with Crippen molar-refractivity contribution in [2.45, 2.75) is 25.6 Å². The number of likely N-dealkylation sites (N-methyl/N-ethyl adjacent to an activating group) is 1. The summed E-state index contributed by atoms with van der Waals surface area (Å²) < 4.78 is 21.4. The third-order valence-corrected chi connectivity index (χ3v) is 8.19. The summed E-state index contributed by atoms with van der Waals surface area (Å²) in [5.41, 5.74) is 1.47. The van der Waals surface area contributed by atoms with Crippen LogP contribution in [0.2, 0.25) is 0 Å². The summed E-state index contributed by atoms with van der Waals surface area (Å²) in [6.07, 6.45) is 0. The molecular formula is C32H30BrFN4O4. The van der Waals surface area contributed by atoms with Gasteiger partial charge in [0.05, 0.1) is 43.2 Å². The highest BCUT2D eigenvalue weighted by atomic mass is 79.9. The molecular weight excluding hydrogens is 603 g/mol. The van der Waals surface area contributed by atoms with E-state index in [1.807, 2.05) is 30.3 Å². The minimum atomic E-state index is -1.12. The van der Waals surface area contributed by atoms with Crippen LogP contribution in [0.3, 0.4) is 0 Å². The normalized spacial score (nSPS) is 15.6. The van der Waals surface area contributed by atoms with Crippen LogP contribution in [0.4, 0.5) is 15.8 Å². The van der Waals surface area contributed by atoms with Crippen LogP contribution >= 0.6 is 15.9 Å². The van der Waals surface area contributed by atoms with E-state index < -0.39 is 35.6 Å². The minimum Gasteiger partial charge on any atom is -0.496 e. The molecule has 0 aromatic heterocycles. The fourth-order valence-corrected chi connectivity index (χ4v) is 5.63. The number of fused-ring (bicyclic) bond motifs is 2. The zero-order valence-corrected chi connectivity index (χ0v) is 24.9. The lowest BCUT2D eigenvalue weighted by Crippen LogP contribution is -2.55. The van der Waals surface area contributed by atoms with Gasteiger partial charge in [-0.3, -0.25) is 14.4 Å². The maximum absolute atomic E-state index is 14.8. The van der Waals surface area contributed by atoms with E-state index in [1.54, 1.807) is 56.3 Å². The van der Waals surface area contributed by atoms with Crippen LogP contribution < -0.4 is 25.2 Å². The lowest BCUT2D eigenvalue weighted by Gasteiger charge is -2.27. The highest BCUT2D eigenvalue weighted by Gasteiger charge is 2.38. The number of ether oxygens (including phenoxy) is 1. The summed E-state index contributed by atoms with van der Waals surface area (Å²) in [7, 11) is 3.21. The third kappa shape index (κ3) is 5.47. The lowest BCUT2D eigenvalue weighted by molar-refractivity contribution is -0.128. The van der Waals surface area contributed by atoms with Crippen molar-refractivity contribution in [1.29, 1.82) is 0 Å². The summed E-state index contributed by atoms with van der Waals surface area (Å²) in [6.45, 7) is 1.56. The third-order valence-electron chi connectivity index (χ3n) is 7.50. The molecule has 0 aliphatic carbocycles. The van der Waals surface area contributed by atoms with E-state index in [0.29, 0.717) is 17.1 Å². The van der Waals surface area contributed by atoms with Crippen LogP contribution in [-0.4, -0.2) is 50.5 Å². The van der Waals surface area contributed by atoms with Gasteiger partial charge in [-0.25, -0.2) is 4.39 Å². The van der Waals surface area contributed by atoms with Gasteiger partial charge in [0.15, 0.2) is 0 Å². The van der Waals surface area contributed by atoms with Crippen molar-refractivity contribution >= 4 is 55.8 Å². The predicted octanol–water partition coefficient (Wildman–Crippen LogP) is 5.04. The van der Waals surface area contributed by atoms with Gasteiger partial charge in [-0.15, -0.1) is 0 Å². The van der Waals surface area contributed by atoms with E-state index >= 15 is 0 Å². The molecule has 1 aliphatic heterocycles. The van der Waals surface area contributed by atoms with Gasteiger partial charge >= 0.3 is 0 Å². The van der Waals surface area contributed by atoms with Gasteiger partial charge in [0.25, 0.3) is 11.8 Å². The molecule has 0 fully saturated rings. The van der Waals surface area contributed by atoms with Crippen LogP contribution in [0, 0.1) is 5.82 Å². The maximum atomic E-state index is 14.8. The number of anilines is 2. The molecule has 4 aromatic carbocycles. The number of rotatable bonds is 7. The Kier molecular flexibility index (Phi) is 8.56. The second-order valence-electron chi connectivity index (χ2n) is 9.96. The van der Waals surface area contributed by atoms with Gasteiger partial charge in [-0.05, 0) is 67.2 Å². The van der Waals surface area contributed by atoms with Gasteiger partial charge < -0.3 is 25.2 Å². The van der Waals surface area contributed by atoms with Gasteiger partial charge in [0.2, 0.25) is 5.91 Å². The average molecular weight is 634 g/mol. The van der Waals surface area contributed by atoms with Crippen molar-refractivity contribution in [3.8, 4) is 5.75 Å². The van der Waals surface area contributed by atoms with Gasteiger partial charge in [-0.1, -0.05) is 52.3 Å². The lowest BCUT2D eigenvalue weighted by atomic mass is 10.0. The van der Waals surface area contributed by atoms with Crippen LogP contribution in [0.15, 0.2) is 83.3 Å². The van der Waals surface area contributed by atoms with Crippen molar-refractivity contribution < 1.29 is 23.5 Å².